The molecule has 0 fully saturated rings. The number of aromatic hydroxyl groups is 1. The normalized spacial score (nSPS) is 10.6. The van der Waals surface area contributed by atoms with Gasteiger partial charge in [0.2, 0.25) is 0 Å². The highest BCUT2D eigenvalue weighted by Gasteiger charge is 2.15. The minimum atomic E-state index is -0.328. The number of carbonyl (C=O) groups is 1. The molecule has 4 aromatic rings. The van der Waals surface area contributed by atoms with E-state index in [0.717, 1.165) is 11.1 Å². The second-order valence-electron chi connectivity index (χ2n) is 7.12. The number of benzene rings is 3. The Bertz CT molecular complexity index is 1170. The molecule has 166 valence electrons. The first kappa shape index (κ1) is 22.0. The van der Waals surface area contributed by atoms with Crippen molar-refractivity contribution in [3.05, 3.63) is 78.9 Å². The van der Waals surface area contributed by atoms with Gasteiger partial charge in [-0.15, -0.1) is 0 Å². The van der Waals surface area contributed by atoms with Crippen molar-refractivity contribution in [2.24, 2.45) is 0 Å². The van der Waals surface area contributed by atoms with Gasteiger partial charge in [-0.1, -0.05) is 60.7 Å². The molecule has 7 nitrogen and oxygen atoms in total. The lowest BCUT2D eigenvalue weighted by Crippen LogP contribution is -2.09. The van der Waals surface area contributed by atoms with E-state index in [1.165, 1.54) is 6.07 Å². The summed E-state index contributed by atoms with van der Waals surface area (Å²) in [4.78, 5) is 25.3. The Morgan fingerprint density at radius 2 is 1.39 bits per heavy atom. The minimum absolute atomic E-state index is 0.0344. The Morgan fingerprint density at radius 3 is 1.94 bits per heavy atom. The Kier molecular flexibility index (Phi) is 6.90. The number of ether oxygens (including phenoxy) is 2. The van der Waals surface area contributed by atoms with E-state index in [1.54, 1.807) is 19.1 Å². The molecule has 0 radical (unpaired) electrons. The van der Waals surface area contributed by atoms with Crippen molar-refractivity contribution in [3.63, 3.8) is 0 Å². The predicted octanol–water partition coefficient (Wildman–Crippen LogP) is 4.91. The van der Waals surface area contributed by atoms with Crippen molar-refractivity contribution in [2.45, 2.75) is 13.3 Å². The van der Waals surface area contributed by atoms with Gasteiger partial charge in [-0.05, 0) is 19.1 Å². The van der Waals surface area contributed by atoms with Crippen molar-refractivity contribution in [1.29, 1.82) is 0 Å². The van der Waals surface area contributed by atoms with Crippen LogP contribution < -0.4 is 4.74 Å². The summed E-state index contributed by atoms with van der Waals surface area (Å²) in [6, 6.07) is 24.1. The number of phenols is 1. The van der Waals surface area contributed by atoms with Crippen LogP contribution in [0.15, 0.2) is 78.9 Å². The van der Waals surface area contributed by atoms with Crippen LogP contribution in [0, 0.1) is 0 Å². The summed E-state index contributed by atoms with van der Waals surface area (Å²) in [6.45, 7) is 2.24. The lowest BCUT2D eigenvalue weighted by atomic mass is 10.1. The van der Waals surface area contributed by atoms with Gasteiger partial charge in [0.25, 0.3) is 0 Å². The standard InChI is InChI=1S/C26H23N3O4/c1-2-32-23(31)15-16-33-20-13-14-21(22(30)17-20)26-28-24(18-9-5-3-6-10-18)27-25(29-26)19-11-7-4-8-12-19/h3-14,17,30H,2,15-16H2,1H3. The molecule has 0 aliphatic carbocycles. The molecule has 33 heavy (non-hydrogen) atoms. The van der Waals surface area contributed by atoms with Gasteiger partial charge in [0.15, 0.2) is 17.5 Å². The second kappa shape index (κ2) is 10.4. The van der Waals surface area contributed by atoms with Crippen molar-refractivity contribution < 1.29 is 19.4 Å². The van der Waals surface area contributed by atoms with Gasteiger partial charge in [-0.2, -0.15) is 0 Å². The molecule has 0 spiro atoms. The molecule has 7 heteroatoms. The molecule has 0 saturated heterocycles. The smallest absolute Gasteiger partial charge is 0.309 e. The van der Waals surface area contributed by atoms with E-state index < -0.39 is 0 Å². The van der Waals surface area contributed by atoms with Crippen molar-refractivity contribution in [1.82, 2.24) is 15.0 Å². The highest BCUT2D eigenvalue weighted by molar-refractivity contribution is 5.71. The summed E-state index contributed by atoms with van der Waals surface area (Å²) >= 11 is 0. The van der Waals surface area contributed by atoms with Gasteiger partial charge >= 0.3 is 5.97 Å². The van der Waals surface area contributed by atoms with Gasteiger partial charge in [0.05, 0.1) is 25.2 Å². The molecule has 0 unspecified atom stereocenters. The second-order valence-corrected chi connectivity index (χ2v) is 7.12. The Morgan fingerprint density at radius 1 is 0.818 bits per heavy atom. The monoisotopic (exact) mass is 441 g/mol. The molecule has 0 aliphatic rings. The Balaban J connectivity index is 1.66. The number of hydrogen-bond acceptors (Lipinski definition) is 7. The minimum Gasteiger partial charge on any atom is -0.507 e. The molecule has 1 heterocycles. The first-order chi connectivity index (χ1) is 16.1. The molecule has 0 aliphatic heterocycles. The molecule has 1 N–H and O–H groups in total. The Hall–Kier alpha value is -4.26. The van der Waals surface area contributed by atoms with Gasteiger partial charge in [-0.3, -0.25) is 4.79 Å². The van der Waals surface area contributed by atoms with Gasteiger partial charge in [-0.25, -0.2) is 15.0 Å². The molecule has 3 aromatic carbocycles. The fraction of sp³-hybridized carbons (Fsp3) is 0.154. The first-order valence-corrected chi connectivity index (χ1v) is 10.6. The third-order valence-corrected chi connectivity index (χ3v) is 4.79. The van der Waals surface area contributed by atoms with E-state index in [0.29, 0.717) is 35.4 Å². The van der Waals surface area contributed by atoms with E-state index in [4.69, 9.17) is 9.47 Å². The lowest BCUT2D eigenvalue weighted by molar-refractivity contribution is -0.143. The van der Waals surface area contributed by atoms with Crippen LogP contribution in [0.3, 0.4) is 0 Å². The van der Waals surface area contributed by atoms with Crippen molar-refractivity contribution >= 4 is 5.97 Å². The summed E-state index contributed by atoms with van der Waals surface area (Å²) in [6.07, 6.45) is 0.130. The van der Waals surface area contributed by atoms with Gasteiger partial charge in [0, 0.05) is 17.2 Å². The average Bonchev–Trinajstić information content (AvgIpc) is 2.85. The largest absolute Gasteiger partial charge is 0.507 e. The molecule has 4 rings (SSSR count). The average molecular weight is 441 g/mol. The zero-order valence-electron chi connectivity index (χ0n) is 18.1. The third-order valence-electron chi connectivity index (χ3n) is 4.79. The maximum absolute atomic E-state index is 11.5. The zero-order chi connectivity index (χ0) is 23.0. The van der Waals surface area contributed by atoms with Crippen LogP contribution in [-0.4, -0.2) is 39.2 Å². The summed E-state index contributed by atoms with van der Waals surface area (Å²) in [5, 5.41) is 10.7. The highest BCUT2D eigenvalue weighted by Crippen LogP contribution is 2.32. The summed E-state index contributed by atoms with van der Waals surface area (Å²) < 4.78 is 10.5. The van der Waals surface area contributed by atoms with E-state index in [1.807, 2.05) is 60.7 Å². The maximum Gasteiger partial charge on any atom is 0.309 e. The third kappa shape index (κ3) is 5.51. The molecule has 0 saturated carbocycles. The van der Waals surface area contributed by atoms with Crippen LogP contribution >= 0.6 is 0 Å². The number of esters is 1. The molecule has 0 bridgehead atoms. The number of hydrogen-bond donors (Lipinski definition) is 1. The van der Waals surface area contributed by atoms with Crippen LogP contribution in [0.5, 0.6) is 11.5 Å². The summed E-state index contributed by atoms with van der Waals surface area (Å²) in [7, 11) is 0. The number of carbonyl (C=O) groups excluding carboxylic acids is 1. The van der Waals surface area contributed by atoms with E-state index >= 15 is 0 Å². The van der Waals surface area contributed by atoms with Gasteiger partial charge in [0.1, 0.15) is 11.5 Å². The van der Waals surface area contributed by atoms with Crippen LogP contribution in [-0.2, 0) is 9.53 Å². The first-order valence-electron chi connectivity index (χ1n) is 10.6. The summed E-state index contributed by atoms with van der Waals surface area (Å²) in [5.74, 6) is 1.43. The van der Waals surface area contributed by atoms with Crippen LogP contribution in [0.4, 0.5) is 0 Å². The van der Waals surface area contributed by atoms with Crippen molar-refractivity contribution in [3.8, 4) is 45.7 Å². The number of rotatable bonds is 8. The maximum atomic E-state index is 11.5. The molecule has 0 amide bonds. The fourth-order valence-corrected chi connectivity index (χ4v) is 3.20. The van der Waals surface area contributed by atoms with Crippen LogP contribution in [0.2, 0.25) is 0 Å². The van der Waals surface area contributed by atoms with Gasteiger partial charge < -0.3 is 14.6 Å². The van der Waals surface area contributed by atoms with E-state index in [9.17, 15) is 9.90 Å². The summed E-state index contributed by atoms with van der Waals surface area (Å²) in [5.41, 5.74) is 2.14. The van der Waals surface area contributed by atoms with Crippen LogP contribution in [0.25, 0.3) is 34.2 Å². The number of nitrogens with zero attached hydrogens (tertiary/aromatic N) is 3. The quantitative estimate of drug-likeness (QED) is 0.388. The molecular weight excluding hydrogens is 418 g/mol. The van der Waals surface area contributed by atoms with E-state index in [2.05, 4.69) is 15.0 Å². The highest BCUT2D eigenvalue weighted by atomic mass is 16.5. The Labute approximate surface area is 191 Å². The molecule has 0 atom stereocenters. The van der Waals surface area contributed by atoms with E-state index in [-0.39, 0.29) is 24.7 Å². The topological polar surface area (TPSA) is 94.4 Å². The fourth-order valence-electron chi connectivity index (χ4n) is 3.20. The number of phenolic OH excluding ortho intramolecular Hbond substituents is 1. The number of aromatic nitrogens is 3. The zero-order valence-corrected chi connectivity index (χ0v) is 18.1. The predicted molar refractivity (Wildman–Crippen MR) is 125 cm³/mol. The molecule has 1 aromatic heterocycles. The molecular formula is C26H23N3O4. The SMILES string of the molecule is CCOC(=O)CCOc1ccc(-c2nc(-c3ccccc3)nc(-c3ccccc3)n2)c(O)c1. The van der Waals surface area contributed by atoms with Crippen molar-refractivity contribution in [2.75, 3.05) is 13.2 Å². The van der Waals surface area contributed by atoms with Crippen LogP contribution in [0.1, 0.15) is 13.3 Å². The lowest BCUT2D eigenvalue weighted by Gasteiger charge is -2.11.